The molecule has 1 aliphatic heterocycles. The molecule has 21 heavy (non-hydrogen) atoms. The van der Waals surface area contributed by atoms with Gasteiger partial charge in [0.1, 0.15) is 0 Å². The van der Waals surface area contributed by atoms with Crippen molar-refractivity contribution < 1.29 is 9.59 Å². The fourth-order valence-electron chi connectivity index (χ4n) is 2.70. The lowest BCUT2D eigenvalue weighted by atomic mass is 10.1. The van der Waals surface area contributed by atoms with Gasteiger partial charge in [-0.2, -0.15) is 0 Å². The molecule has 114 valence electrons. The van der Waals surface area contributed by atoms with Gasteiger partial charge in [0.25, 0.3) is 0 Å². The molecule has 5 heteroatoms. The quantitative estimate of drug-likeness (QED) is 0.866. The van der Waals surface area contributed by atoms with E-state index in [1.807, 2.05) is 19.0 Å². The zero-order valence-electron chi connectivity index (χ0n) is 12.9. The molecule has 1 heterocycles. The fourth-order valence-corrected chi connectivity index (χ4v) is 2.70. The van der Waals surface area contributed by atoms with Gasteiger partial charge in [0.15, 0.2) is 5.78 Å². The van der Waals surface area contributed by atoms with Crippen LogP contribution in [-0.2, 0) is 0 Å². The molecule has 0 aliphatic carbocycles. The van der Waals surface area contributed by atoms with Gasteiger partial charge in [0.05, 0.1) is 0 Å². The number of nitrogens with zero attached hydrogens (tertiary/aromatic N) is 2. The number of amides is 2. The Balaban J connectivity index is 1.98. The summed E-state index contributed by atoms with van der Waals surface area (Å²) >= 11 is 0. The first-order valence-corrected chi connectivity index (χ1v) is 7.30. The van der Waals surface area contributed by atoms with Crippen LogP contribution >= 0.6 is 0 Å². The standard InChI is InChI=1S/C16H23N3O2/c1-12(20)13-6-8-14(9-7-13)17-16(21)19-10-4-5-15(19)11-18(2)3/h6-9,15H,4-5,10-11H2,1-3H3,(H,17,21). The number of likely N-dealkylation sites (tertiary alicyclic amines) is 1. The number of hydrogen-bond acceptors (Lipinski definition) is 3. The molecule has 1 aliphatic rings. The van der Waals surface area contributed by atoms with E-state index in [-0.39, 0.29) is 17.9 Å². The molecule has 0 spiro atoms. The molecule has 0 aromatic heterocycles. The summed E-state index contributed by atoms with van der Waals surface area (Å²) < 4.78 is 0. The molecule has 1 unspecified atom stereocenters. The van der Waals surface area contributed by atoms with E-state index >= 15 is 0 Å². The molecule has 5 nitrogen and oxygen atoms in total. The average molecular weight is 289 g/mol. The Kier molecular flexibility index (Phi) is 4.96. The van der Waals surface area contributed by atoms with Crippen LogP contribution in [-0.4, -0.2) is 54.8 Å². The maximum absolute atomic E-state index is 12.4. The first-order chi connectivity index (χ1) is 9.97. The maximum atomic E-state index is 12.4. The van der Waals surface area contributed by atoms with Crippen LogP contribution in [0.5, 0.6) is 0 Å². The minimum Gasteiger partial charge on any atom is -0.320 e. The van der Waals surface area contributed by atoms with Crippen LogP contribution in [0.25, 0.3) is 0 Å². The van der Waals surface area contributed by atoms with Crippen LogP contribution in [0.1, 0.15) is 30.1 Å². The Hall–Kier alpha value is -1.88. The van der Waals surface area contributed by atoms with Crippen molar-refractivity contribution in [2.75, 3.05) is 32.5 Å². The molecule has 2 rings (SSSR count). The lowest BCUT2D eigenvalue weighted by Crippen LogP contribution is -2.43. The molecule has 1 aromatic rings. The van der Waals surface area contributed by atoms with E-state index < -0.39 is 0 Å². The van der Waals surface area contributed by atoms with Crippen molar-refractivity contribution in [3.05, 3.63) is 29.8 Å². The Bertz CT molecular complexity index is 511. The van der Waals surface area contributed by atoms with Crippen molar-refractivity contribution in [2.45, 2.75) is 25.8 Å². The van der Waals surface area contributed by atoms with E-state index in [4.69, 9.17) is 0 Å². The highest BCUT2D eigenvalue weighted by Crippen LogP contribution is 2.19. The second kappa shape index (κ2) is 6.72. The molecule has 1 aromatic carbocycles. The summed E-state index contributed by atoms with van der Waals surface area (Å²) in [5.74, 6) is 0.0264. The van der Waals surface area contributed by atoms with Gasteiger partial charge in [-0.05, 0) is 58.1 Å². The molecular formula is C16H23N3O2. The minimum absolute atomic E-state index is 0.0264. The smallest absolute Gasteiger partial charge is 0.320 e. The fraction of sp³-hybridized carbons (Fsp3) is 0.500. The number of rotatable bonds is 4. The highest BCUT2D eigenvalue weighted by molar-refractivity contribution is 5.95. The van der Waals surface area contributed by atoms with Crippen LogP contribution in [0.15, 0.2) is 24.3 Å². The number of carbonyl (C=O) groups is 2. The average Bonchev–Trinajstić information content (AvgIpc) is 2.86. The zero-order chi connectivity index (χ0) is 15.4. The first-order valence-electron chi connectivity index (χ1n) is 7.30. The van der Waals surface area contributed by atoms with Crippen molar-refractivity contribution in [2.24, 2.45) is 0 Å². The predicted octanol–water partition coefficient (Wildman–Crippen LogP) is 2.45. The largest absolute Gasteiger partial charge is 0.322 e. The first kappa shape index (κ1) is 15.5. The number of anilines is 1. The number of ketones is 1. The van der Waals surface area contributed by atoms with Gasteiger partial charge in [0.2, 0.25) is 0 Å². The topological polar surface area (TPSA) is 52.7 Å². The second-order valence-electron chi connectivity index (χ2n) is 5.82. The third-order valence-electron chi connectivity index (χ3n) is 3.76. The monoisotopic (exact) mass is 289 g/mol. The molecule has 1 atom stereocenters. The van der Waals surface area contributed by atoms with Gasteiger partial charge in [-0.25, -0.2) is 4.79 Å². The maximum Gasteiger partial charge on any atom is 0.322 e. The lowest BCUT2D eigenvalue weighted by molar-refractivity contribution is 0.101. The Morgan fingerprint density at radius 3 is 2.52 bits per heavy atom. The van der Waals surface area contributed by atoms with Crippen molar-refractivity contribution >= 4 is 17.5 Å². The molecule has 0 radical (unpaired) electrons. The number of Topliss-reactive ketones (excluding diaryl/α,β-unsaturated/α-hetero) is 1. The zero-order valence-corrected chi connectivity index (χ0v) is 12.9. The van der Waals surface area contributed by atoms with Crippen LogP contribution in [0, 0.1) is 0 Å². The van der Waals surface area contributed by atoms with Gasteiger partial charge in [-0.15, -0.1) is 0 Å². The van der Waals surface area contributed by atoms with E-state index in [9.17, 15) is 9.59 Å². The van der Waals surface area contributed by atoms with Crippen LogP contribution in [0.4, 0.5) is 10.5 Å². The van der Waals surface area contributed by atoms with Gasteiger partial charge >= 0.3 is 6.03 Å². The van der Waals surface area contributed by atoms with Gasteiger partial charge in [-0.1, -0.05) is 0 Å². The van der Waals surface area contributed by atoms with Gasteiger partial charge in [0, 0.05) is 30.4 Å². The summed E-state index contributed by atoms with van der Waals surface area (Å²) in [7, 11) is 4.05. The molecule has 1 N–H and O–H groups in total. The molecule has 1 fully saturated rings. The van der Waals surface area contributed by atoms with Crippen molar-refractivity contribution in [3.63, 3.8) is 0 Å². The lowest BCUT2D eigenvalue weighted by Gasteiger charge is -2.27. The third-order valence-corrected chi connectivity index (χ3v) is 3.76. The molecule has 0 bridgehead atoms. The number of benzene rings is 1. The van der Waals surface area contributed by atoms with E-state index in [2.05, 4.69) is 10.2 Å². The van der Waals surface area contributed by atoms with E-state index in [1.54, 1.807) is 24.3 Å². The highest BCUT2D eigenvalue weighted by atomic mass is 16.2. The Morgan fingerprint density at radius 1 is 1.29 bits per heavy atom. The second-order valence-corrected chi connectivity index (χ2v) is 5.82. The van der Waals surface area contributed by atoms with Crippen LogP contribution in [0.3, 0.4) is 0 Å². The summed E-state index contributed by atoms with van der Waals surface area (Å²) in [6, 6.07) is 7.22. The number of hydrogen-bond donors (Lipinski definition) is 1. The molecule has 1 saturated heterocycles. The SMILES string of the molecule is CC(=O)c1ccc(NC(=O)N2CCCC2CN(C)C)cc1. The minimum atomic E-state index is -0.0603. The number of urea groups is 1. The number of carbonyl (C=O) groups excluding carboxylic acids is 2. The van der Waals surface area contributed by atoms with Crippen molar-refractivity contribution in [1.82, 2.24) is 9.80 Å². The summed E-state index contributed by atoms with van der Waals surface area (Å²) in [4.78, 5) is 27.6. The summed E-state index contributed by atoms with van der Waals surface area (Å²) in [5.41, 5.74) is 1.38. The summed E-state index contributed by atoms with van der Waals surface area (Å²) in [6.45, 7) is 3.22. The van der Waals surface area contributed by atoms with Gasteiger partial charge in [-0.3, -0.25) is 4.79 Å². The number of nitrogens with one attached hydrogen (secondary N) is 1. The summed E-state index contributed by atoms with van der Waals surface area (Å²) in [5, 5.41) is 2.91. The van der Waals surface area contributed by atoms with E-state index in [0.29, 0.717) is 5.56 Å². The van der Waals surface area contributed by atoms with Crippen molar-refractivity contribution in [3.8, 4) is 0 Å². The summed E-state index contributed by atoms with van der Waals surface area (Å²) in [6.07, 6.45) is 2.10. The normalized spacial score (nSPS) is 18.1. The van der Waals surface area contributed by atoms with Crippen molar-refractivity contribution in [1.29, 1.82) is 0 Å². The van der Waals surface area contributed by atoms with E-state index in [0.717, 1.165) is 31.6 Å². The number of likely N-dealkylation sites (N-methyl/N-ethyl adjacent to an activating group) is 1. The van der Waals surface area contributed by atoms with Gasteiger partial charge < -0.3 is 15.1 Å². The molecule has 2 amide bonds. The molecular weight excluding hydrogens is 266 g/mol. The van der Waals surface area contributed by atoms with Crippen LogP contribution < -0.4 is 5.32 Å². The molecule has 0 saturated carbocycles. The highest BCUT2D eigenvalue weighted by Gasteiger charge is 2.28. The van der Waals surface area contributed by atoms with E-state index in [1.165, 1.54) is 6.92 Å². The Morgan fingerprint density at radius 2 is 1.95 bits per heavy atom. The predicted molar refractivity (Wildman–Crippen MR) is 83.7 cm³/mol. The third kappa shape index (κ3) is 4.04. The Labute approximate surface area is 125 Å². The van der Waals surface area contributed by atoms with Crippen LogP contribution in [0.2, 0.25) is 0 Å².